The molecule has 0 bridgehead atoms. The largest absolute Gasteiger partial charge is 0.385 e. The summed E-state index contributed by atoms with van der Waals surface area (Å²) in [5.41, 5.74) is 0. The van der Waals surface area contributed by atoms with Gasteiger partial charge in [0.1, 0.15) is 0 Å². The minimum atomic E-state index is 0.834. The predicted molar refractivity (Wildman–Crippen MR) is 42.0 cm³/mol. The van der Waals surface area contributed by atoms with E-state index in [-0.39, 0.29) is 0 Å². The zero-order chi connectivity index (χ0) is 7.40. The van der Waals surface area contributed by atoms with Crippen molar-refractivity contribution in [3.05, 3.63) is 0 Å². The van der Waals surface area contributed by atoms with E-state index in [1.165, 1.54) is 19.5 Å². The summed E-state index contributed by atoms with van der Waals surface area (Å²) in [5.74, 6) is 1.75. The molecule has 1 rings (SSSR count). The minimum Gasteiger partial charge on any atom is -0.385 e. The molecule has 2 nitrogen and oxygen atoms in total. The molecule has 1 aliphatic rings. The Hall–Kier alpha value is -0.0800. The minimum absolute atomic E-state index is 0.834. The van der Waals surface area contributed by atoms with Gasteiger partial charge in [0.2, 0.25) is 0 Å². The molecule has 1 N–H and O–H groups in total. The van der Waals surface area contributed by atoms with Crippen LogP contribution in [0.15, 0.2) is 0 Å². The van der Waals surface area contributed by atoms with Gasteiger partial charge < -0.3 is 10.1 Å². The lowest BCUT2D eigenvalue weighted by Crippen LogP contribution is -2.45. The van der Waals surface area contributed by atoms with Gasteiger partial charge >= 0.3 is 0 Å². The molecule has 0 saturated carbocycles. The Bertz CT molecular complexity index is 91.3. The second-order valence-corrected chi connectivity index (χ2v) is 3.18. The maximum Gasteiger partial charge on any atom is 0.0464 e. The van der Waals surface area contributed by atoms with E-state index in [4.69, 9.17) is 4.74 Å². The predicted octanol–water partition coefficient (Wildman–Crippen LogP) is 0.878. The Kier molecular flexibility index (Phi) is 3.16. The smallest absolute Gasteiger partial charge is 0.0464 e. The molecule has 10 heavy (non-hydrogen) atoms. The van der Waals surface area contributed by atoms with Gasteiger partial charge in [0.15, 0.2) is 0 Å². The van der Waals surface area contributed by atoms with Crippen LogP contribution in [0, 0.1) is 11.8 Å². The van der Waals surface area contributed by atoms with Crippen molar-refractivity contribution in [3.63, 3.8) is 0 Å². The molecule has 0 aromatic carbocycles. The molecule has 1 heterocycles. The molecule has 1 saturated heterocycles. The number of methoxy groups -OCH3 is 1. The van der Waals surface area contributed by atoms with Crippen molar-refractivity contribution in [2.24, 2.45) is 11.8 Å². The molecule has 1 fully saturated rings. The summed E-state index contributed by atoms with van der Waals surface area (Å²) in [6.07, 6.45) is 1.21. The van der Waals surface area contributed by atoms with Crippen LogP contribution in [0.25, 0.3) is 0 Å². The molecular formula is C8H17NO. The topological polar surface area (TPSA) is 21.3 Å². The fourth-order valence-electron chi connectivity index (χ4n) is 1.25. The quantitative estimate of drug-likeness (QED) is 0.630. The molecule has 2 heteroatoms. The average Bonchev–Trinajstić information content (AvgIpc) is 1.79. The Morgan fingerprint density at radius 1 is 1.60 bits per heavy atom. The highest BCUT2D eigenvalue weighted by atomic mass is 16.5. The Labute approximate surface area is 63.0 Å². The second kappa shape index (κ2) is 3.94. The zero-order valence-electron chi connectivity index (χ0n) is 6.89. The first-order chi connectivity index (χ1) is 4.84. The van der Waals surface area contributed by atoms with Gasteiger partial charge in [0, 0.05) is 13.7 Å². The molecule has 0 aliphatic carbocycles. The van der Waals surface area contributed by atoms with E-state index in [0.29, 0.717) is 0 Å². The SMILES string of the molecule is COCCC(C)C1CNC1. The number of hydrogen-bond donors (Lipinski definition) is 1. The van der Waals surface area contributed by atoms with E-state index in [1.54, 1.807) is 7.11 Å². The maximum atomic E-state index is 5.01. The summed E-state index contributed by atoms with van der Waals surface area (Å²) in [6, 6.07) is 0. The molecule has 1 unspecified atom stereocenters. The van der Waals surface area contributed by atoms with Crippen LogP contribution in [-0.4, -0.2) is 26.8 Å². The highest BCUT2D eigenvalue weighted by Crippen LogP contribution is 2.18. The van der Waals surface area contributed by atoms with Crippen molar-refractivity contribution in [3.8, 4) is 0 Å². The number of ether oxygens (including phenoxy) is 1. The van der Waals surface area contributed by atoms with Crippen molar-refractivity contribution < 1.29 is 4.74 Å². The molecule has 0 spiro atoms. The monoisotopic (exact) mass is 143 g/mol. The summed E-state index contributed by atoms with van der Waals surface area (Å²) in [7, 11) is 1.77. The van der Waals surface area contributed by atoms with Gasteiger partial charge in [-0.25, -0.2) is 0 Å². The molecular weight excluding hydrogens is 126 g/mol. The van der Waals surface area contributed by atoms with E-state index in [1.807, 2.05) is 0 Å². The van der Waals surface area contributed by atoms with E-state index in [9.17, 15) is 0 Å². The summed E-state index contributed by atoms with van der Waals surface area (Å²) in [6.45, 7) is 5.65. The first-order valence-corrected chi connectivity index (χ1v) is 4.04. The van der Waals surface area contributed by atoms with Crippen LogP contribution in [0.3, 0.4) is 0 Å². The van der Waals surface area contributed by atoms with Crippen LogP contribution >= 0.6 is 0 Å². The van der Waals surface area contributed by atoms with Gasteiger partial charge in [-0.1, -0.05) is 6.92 Å². The number of hydrogen-bond acceptors (Lipinski definition) is 2. The van der Waals surface area contributed by atoms with Crippen LogP contribution in [-0.2, 0) is 4.74 Å². The third kappa shape index (κ3) is 1.96. The van der Waals surface area contributed by atoms with Crippen molar-refractivity contribution in [1.82, 2.24) is 5.32 Å². The third-order valence-electron chi connectivity index (χ3n) is 2.40. The molecule has 0 aromatic rings. The van der Waals surface area contributed by atoms with E-state index in [0.717, 1.165) is 18.4 Å². The van der Waals surface area contributed by atoms with Crippen LogP contribution in [0.1, 0.15) is 13.3 Å². The van der Waals surface area contributed by atoms with Crippen molar-refractivity contribution in [1.29, 1.82) is 0 Å². The zero-order valence-corrected chi connectivity index (χ0v) is 6.89. The molecule has 0 aromatic heterocycles. The van der Waals surface area contributed by atoms with Gasteiger partial charge in [0.05, 0.1) is 0 Å². The fourth-order valence-corrected chi connectivity index (χ4v) is 1.25. The Balaban J connectivity index is 2.02. The van der Waals surface area contributed by atoms with Crippen LogP contribution < -0.4 is 5.32 Å². The standard InChI is InChI=1S/C8H17NO/c1-7(3-4-10-2)8-5-9-6-8/h7-9H,3-6H2,1-2H3. The van der Waals surface area contributed by atoms with Gasteiger partial charge in [-0.3, -0.25) is 0 Å². The normalized spacial score (nSPS) is 22.2. The van der Waals surface area contributed by atoms with Crippen molar-refractivity contribution >= 4 is 0 Å². The molecule has 0 amide bonds. The number of rotatable bonds is 4. The summed E-state index contributed by atoms with van der Waals surface area (Å²) < 4.78 is 5.01. The summed E-state index contributed by atoms with van der Waals surface area (Å²) >= 11 is 0. The second-order valence-electron chi connectivity index (χ2n) is 3.18. The Morgan fingerprint density at radius 2 is 2.30 bits per heavy atom. The molecule has 0 radical (unpaired) electrons. The lowest BCUT2D eigenvalue weighted by Gasteiger charge is -2.32. The first kappa shape index (κ1) is 8.02. The lowest BCUT2D eigenvalue weighted by atomic mass is 9.87. The van der Waals surface area contributed by atoms with Crippen molar-refractivity contribution in [2.45, 2.75) is 13.3 Å². The van der Waals surface area contributed by atoms with Gasteiger partial charge in [-0.2, -0.15) is 0 Å². The summed E-state index contributed by atoms with van der Waals surface area (Å²) in [4.78, 5) is 0. The number of nitrogens with one attached hydrogen (secondary N) is 1. The van der Waals surface area contributed by atoms with Gasteiger partial charge in [0.25, 0.3) is 0 Å². The van der Waals surface area contributed by atoms with Crippen LogP contribution in [0.4, 0.5) is 0 Å². The molecule has 1 aliphatic heterocycles. The lowest BCUT2D eigenvalue weighted by molar-refractivity contribution is 0.149. The molecule has 60 valence electrons. The average molecular weight is 143 g/mol. The first-order valence-electron chi connectivity index (χ1n) is 4.04. The molecule has 1 atom stereocenters. The third-order valence-corrected chi connectivity index (χ3v) is 2.40. The van der Waals surface area contributed by atoms with Gasteiger partial charge in [-0.05, 0) is 31.3 Å². The highest BCUT2D eigenvalue weighted by Gasteiger charge is 2.22. The van der Waals surface area contributed by atoms with E-state index >= 15 is 0 Å². The van der Waals surface area contributed by atoms with E-state index in [2.05, 4.69) is 12.2 Å². The van der Waals surface area contributed by atoms with Crippen molar-refractivity contribution in [2.75, 3.05) is 26.8 Å². The summed E-state index contributed by atoms with van der Waals surface area (Å²) in [5, 5.41) is 3.28. The fraction of sp³-hybridized carbons (Fsp3) is 1.00. The maximum absolute atomic E-state index is 5.01. The van der Waals surface area contributed by atoms with E-state index < -0.39 is 0 Å². The van der Waals surface area contributed by atoms with Gasteiger partial charge in [-0.15, -0.1) is 0 Å². The van der Waals surface area contributed by atoms with Crippen LogP contribution in [0.5, 0.6) is 0 Å². The Morgan fingerprint density at radius 3 is 2.70 bits per heavy atom. The highest BCUT2D eigenvalue weighted by molar-refractivity contribution is 4.78. The van der Waals surface area contributed by atoms with Crippen LogP contribution in [0.2, 0.25) is 0 Å².